The summed E-state index contributed by atoms with van der Waals surface area (Å²) in [6.45, 7) is 5.51. The zero-order valence-corrected chi connectivity index (χ0v) is 18.7. The fraction of sp³-hybridized carbons (Fsp3) is 0.269. The van der Waals surface area contributed by atoms with Gasteiger partial charge in [0.25, 0.3) is 5.91 Å². The van der Waals surface area contributed by atoms with Crippen molar-refractivity contribution in [3.8, 4) is 5.75 Å². The van der Waals surface area contributed by atoms with Crippen LogP contribution in [0.1, 0.15) is 52.8 Å². The quantitative estimate of drug-likeness (QED) is 0.458. The van der Waals surface area contributed by atoms with Gasteiger partial charge in [0.05, 0.1) is 23.7 Å². The summed E-state index contributed by atoms with van der Waals surface area (Å²) in [5.41, 5.74) is 5.15. The van der Waals surface area contributed by atoms with Gasteiger partial charge in [0, 0.05) is 36.2 Å². The Morgan fingerprint density at radius 3 is 2.76 bits per heavy atom. The van der Waals surface area contributed by atoms with Crippen molar-refractivity contribution in [3.05, 3.63) is 89.6 Å². The predicted octanol–water partition coefficient (Wildman–Crippen LogP) is 4.93. The number of aryl methyl sites for hydroxylation is 1. The van der Waals surface area contributed by atoms with Crippen LogP contribution in [-0.4, -0.2) is 33.5 Å². The zero-order chi connectivity index (χ0) is 22.8. The topological polar surface area (TPSA) is 77.8 Å². The number of carbonyl (C=O) groups is 1. The standard InChI is InChI=1S/C26H26N4O3/c1-17-25(20-12-14-32-16-20)29-24-11-8-21(15-30(17)24)28-26(31)19-6-9-22(10-7-19)33-18(2)23-5-3-4-13-27-23/h3-11,13,15,18,20H,12,14,16H2,1-2H3,(H,28,31)/t18?,20-/m1/s1. The van der Waals surface area contributed by atoms with Crippen molar-refractivity contribution < 1.29 is 14.3 Å². The highest BCUT2D eigenvalue weighted by atomic mass is 16.5. The number of carbonyl (C=O) groups excluding carboxylic acids is 1. The maximum atomic E-state index is 12.8. The van der Waals surface area contributed by atoms with Gasteiger partial charge in [0.15, 0.2) is 0 Å². The molecule has 5 rings (SSSR count). The Labute approximate surface area is 192 Å². The third-order valence-electron chi connectivity index (χ3n) is 6.00. The predicted molar refractivity (Wildman–Crippen MR) is 126 cm³/mol. The van der Waals surface area contributed by atoms with Crippen LogP contribution in [0.4, 0.5) is 5.69 Å². The molecule has 4 aromatic rings. The Kier molecular flexibility index (Phi) is 5.79. The maximum absolute atomic E-state index is 12.8. The lowest BCUT2D eigenvalue weighted by Crippen LogP contribution is -2.12. The number of hydrogen-bond acceptors (Lipinski definition) is 5. The third-order valence-corrected chi connectivity index (χ3v) is 6.00. The second kappa shape index (κ2) is 9.03. The minimum absolute atomic E-state index is 0.180. The highest BCUT2D eigenvalue weighted by Gasteiger charge is 2.23. The molecule has 1 aliphatic rings. The van der Waals surface area contributed by atoms with E-state index in [-0.39, 0.29) is 12.0 Å². The summed E-state index contributed by atoms with van der Waals surface area (Å²) in [6, 6.07) is 16.7. The van der Waals surface area contributed by atoms with Crippen LogP contribution in [0, 0.1) is 6.92 Å². The Balaban J connectivity index is 1.27. The first-order chi connectivity index (χ1) is 16.1. The van der Waals surface area contributed by atoms with E-state index >= 15 is 0 Å². The lowest BCUT2D eigenvalue weighted by Gasteiger charge is -2.14. The van der Waals surface area contributed by atoms with Crippen LogP contribution in [0.3, 0.4) is 0 Å². The lowest BCUT2D eigenvalue weighted by atomic mass is 10.0. The molecule has 0 bridgehead atoms. The number of aromatic nitrogens is 3. The second-order valence-electron chi connectivity index (χ2n) is 8.28. The fourth-order valence-corrected chi connectivity index (χ4v) is 4.16. The molecule has 1 unspecified atom stereocenters. The van der Waals surface area contributed by atoms with Crippen molar-refractivity contribution in [2.75, 3.05) is 18.5 Å². The highest BCUT2D eigenvalue weighted by molar-refractivity contribution is 6.04. The SMILES string of the molecule is Cc1c([C@@H]2CCOC2)nc2ccc(NC(=O)c3ccc(OC(C)c4ccccn4)cc3)cn12. The van der Waals surface area contributed by atoms with Gasteiger partial charge in [-0.2, -0.15) is 0 Å². The van der Waals surface area contributed by atoms with E-state index in [0.717, 1.165) is 35.8 Å². The second-order valence-corrected chi connectivity index (χ2v) is 8.28. The third kappa shape index (κ3) is 4.45. The van der Waals surface area contributed by atoms with E-state index in [9.17, 15) is 4.79 Å². The van der Waals surface area contributed by atoms with Crippen molar-refractivity contribution in [3.63, 3.8) is 0 Å². The molecule has 33 heavy (non-hydrogen) atoms. The molecule has 0 saturated carbocycles. The largest absolute Gasteiger partial charge is 0.484 e. The Bertz CT molecular complexity index is 1260. The molecular formula is C26H26N4O3. The van der Waals surface area contributed by atoms with Gasteiger partial charge in [-0.1, -0.05) is 6.07 Å². The van der Waals surface area contributed by atoms with Crippen LogP contribution < -0.4 is 10.1 Å². The van der Waals surface area contributed by atoms with Gasteiger partial charge >= 0.3 is 0 Å². The summed E-state index contributed by atoms with van der Waals surface area (Å²) in [7, 11) is 0. The minimum Gasteiger partial charge on any atom is -0.484 e. The molecule has 1 aliphatic heterocycles. The number of pyridine rings is 2. The number of benzene rings is 1. The van der Waals surface area contributed by atoms with E-state index < -0.39 is 0 Å². The van der Waals surface area contributed by atoms with E-state index in [1.807, 2.05) is 47.9 Å². The zero-order valence-electron chi connectivity index (χ0n) is 18.7. The van der Waals surface area contributed by atoms with Gasteiger partial charge < -0.3 is 19.2 Å². The molecule has 168 valence electrons. The van der Waals surface area contributed by atoms with Gasteiger partial charge in [-0.25, -0.2) is 4.98 Å². The van der Waals surface area contributed by atoms with Crippen LogP contribution in [0.25, 0.3) is 5.65 Å². The summed E-state index contributed by atoms with van der Waals surface area (Å²) in [5, 5.41) is 2.98. The molecule has 1 fully saturated rings. The summed E-state index contributed by atoms with van der Waals surface area (Å²) >= 11 is 0. The van der Waals surface area contributed by atoms with Crippen molar-refractivity contribution in [1.29, 1.82) is 0 Å². The molecule has 0 aliphatic carbocycles. The number of fused-ring (bicyclic) bond motifs is 1. The van der Waals surface area contributed by atoms with Crippen LogP contribution in [0.15, 0.2) is 67.0 Å². The first kappa shape index (κ1) is 21.2. The molecule has 3 aromatic heterocycles. The summed E-state index contributed by atoms with van der Waals surface area (Å²) < 4.78 is 13.5. The van der Waals surface area contributed by atoms with E-state index in [1.54, 1.807) is 30.5 Å². The van der Waals surface area contributed by atoms with Gasteiger partial charge in [-0.3, -0.25) is 9.78 Å². The summed E-state index contributed by atoms with van der Waals surface area (Å²) in [5.74, 6) is 0.841. The molecule has 1 saturated heterocycles. The van der Waals surface area contributed by atoms with Crippen molar-refractivity contribution in [2.24, 2.45) is 0 Å². The Morgan fingerprint density at radius 1 is 1.18 bits per heavy atom. The normalized spacial score (nSPS) is 16.6. The smallest absolute Gasteiger partial charge is 0.255 e. The van der Waals surface area contributed by atoms with Crippen LogP contribution in [0.5, 0.6) is 5.75 Å². The van der Waals surface area contributed by atoms with Gasteiger partial charge in [0.1, 0.15) is 17.5 Å². The number of rotatable bonds is 6. The molecule has 0 spiro atoms. The molecule has 1 N–H and O–H groups in total. The number of nitrogens with one attached hydrogen (secondary N) is 1. The minimum atomic E-state index is -0.184. The van der Waals surface area contributed by atoms with Crippen LogP contribution in [-0.2, 0) is 4.74 Å². The molecule has 7 heteroatoms. The lowest BCUT2D eigenvalue weighted by molar-refractivity contribution is 0.102. The first-order valence-electron chi connectivity index (χ1n) is 11.1. The number of imidazole rings is 1. The fourth-order valence-electron chi connectivity index (χ4n) is 4.16. The van der Waals surface area contributed by atoms with E-state index in [2.05, 4.69) is 17.2 Å². The van der Waals surface area contributed by atoms with Crippen LogP contribution in [0.2, 0.25) is 0 Å². The highest BCUT2D eigenvalue weighted by Crippen LogP contribution is 2.28. The molecule has 0 radical (unpaired) electrons. The molecule has 1 amide bonds. The van der Waals surface area contributed by atoms with Gasteiger partial charge in [0.2, 0.25) is 0 Å². The van der Waals surface area contributed by atoms with Crippen molar-refractivity contribution in [2.45, 2.75) is 32.3 Å². The van der Waals surface area contributed by atoms with Crippen molar-refractivity contribution in [1.82, 2.24) is 14.4 Å². The Hall–Kier alpha value is -3.71. The monoisotopic (exact) mass is 442 g/mol. The number of anilines is 1. The van der Waals surface area contributed by atoms with Gasteiger partial charge in [-0.05, 0) is 68.8 Å². The molecule has 1 aromatic carbocycles. The first-order valence-corrected chi connectivity index (χ1v) is 11.1. The number of nitrogens with zero attached hydrogens (tertiary/aromatic N) is 3. The number of amides is 1. The average Bonchev–Trinajstić information content (AvgIpc) is 3.48. The van der Waals surface area contributed by atoms with Crippen LogP contribution >= 0.6 is 0 Å². The summed E-state index contributed by atoms with van der Waals surface area (Å²) in [6.07, 6.45) is 4.47. The molecular weight excluding hydrogens is 416 g/mol. The molecule has 4 heterocycles. The number of hydrogen-bond donors (Lipinski definition) is 1. The number of ether oxygens (including phenoxy) is 2. The van der Waals surface area contributed by atoms with E-state index in [1.165, 1.54) is 0 Å². The Morgan fingerprint density at radius 2 is 2.03 bits per heavy atom. The van der Waals surface area contributed by atoms with Gasteiger partial charge in [-0.15, -0.1) is 0 Å². The summed E-state index contributed by atoms with van der Waals surface area (Å²) in [4.78, 5) is 21.9. The molecule has 2 atom stereocenters. The van der Waals surface area contributed by atoms with E-state index in [0.29, 0.717) is 29.5 Å². The average molecular weight is 443 g/mol. The van der Waals surface area contributed by atoms with E-state index in [4.69, 9.17) is 14.5 Å². The molecule has 7 nitrogen and oxygen atoms in total. The maximum Gasteiger partial charge on any atom is 0.255 e. The van der Waals surface area contributed by atoms with Crippen molar-refractivity contribution >= 4 is 17.2 Å².